The molecule has 2 N–H and O–H groups in total. The van der Waals surface area contributed by atoms with Crippen LogP contribution in [0.15, 0.2) is 97.6 Å². The minimum absolute atomic E-state index is 0.294. The van der Waals surface area contributed by atoms with Gasteiger partial charge in [-0.05, 0) is 59.4 Å². The smallest absolute Gasteiger partial charge is 0.169 e. The molecule has 0 amide bonds. The Morgan fingerprint density at radius 1 is 0.425 bits per heavy atom. The zero-order valence-electron chi connectivity index (χ0n) is 23.4. The Kier molecular flexibility index (Phi) is 11.6. The third-order valence-corrected chi connectivity index (χ3v) is 7.09. The van der Waals surface area contributed by atoms with Crippen molar-refractivity contribution >= 4 is 24.3 Å². The van der Waals surface area contributed by atoms with Crippen molar-refractivity contribution in [3.63, 3.8) is 0 Å². The van der Waals surface area contributed by atoms with E-state index in [4.69, 9.17) is 0 Å². The van der Waals surface area contributed by atoms with E-state index in [1.807, 2.05) is 36.4 Å². The summed E-state index contributed by atoms with van der Waals surface area (Å²) in [6.45, 7) is 2.14. The summed E-state index contributed by atoms with van der Waals surface area (Å²) in [5.74, 6) is 0.588. The van der Waals surface area contributed by atoms with Crippen molar-refractivity contribution in [2.45, 2.75) is 64.5 Å². The number of pyridine rings is 2. The number of phenols is 2. The molecule has 206 valence electrons. The second-order valence-electron chi connectivity index (χ2n) is 10.4. The molecule has 0 aliphatic carbocycles. The van der Waals surface area contributed by atoms with Gasteiger partial charge in [0, 0.05) is 37.1 Å². The molecule has 0 aliphatic rings. The van der Waals surface area contributed by atoms with E-state index in [2.05, 4.69) is 70.3 Å². The van der Waals surface area contributed by atoms with Crippen LogP contribution in [-0.2, 0) is 13.1 Å². The summed E-state index contributed by atoms with van der Waals surface area (Å²) >= 11 is 0. The number of nitrogens with zero attached hydrogens (tertiary/aromatic N) is 2. The Bertz CT molecular complexity index is 1250. The van der Waals surface area contributed by atoms with Gasteiger partial charge in [0.2, 0.25) is 0 Å². The molecule has 0 unspecified atom stereocenters. The average molecular weight is 535 g/mol. The van der Waals surface area contributed by atoms with Crippen LogP contribution in [0.5, 0.6) is 11.5 Å². The largest absolute Gasteiger partial charge is 0.508 e. The van der Waals surface area contributed by atoms with Crippen molar-refractivity contribution in [2.24, 2.45) is 0 Å². The highest BCUT2D eigenvalue weighted by atomic mass is 16.3. The van der Waals surface area contributed by atoms with Crippen LogP contribution in [0.3, 0.4) is 0 Å². The summed E-state index contributed by atoms with van der Waals surface area (Å²) in [6.07, 6.45) is 27.1. The molecular formula is C36H42N2O2+2. The number of aryl methyl sites for hydroxylation is 2. The fourth-order valence-electron chi connectivity index (χ4n) is 4.75. The zero-order chi connectivity index (χ0) is 27.8. The molecule has 0 aliphatic heterocycles. The fourth-order valence-corrected chi connectivity index (χ4v) is 4.75. The number of aromatic nitrogens is 2. The first-order valence-corrected chi connectivity index (χ1v) is 14.6. The Hall–Kier alpha value is -4.18. The van der Waals surface area contributed by atoms with Crippen LogP contribution in [0.4, 0.5) is 0 Å². The van der Waals surface area contributed by atoms with E-state index in [0.29, 0.717) is 11.5 Å². The zero-order valence-corrected chi connectivity index (χ0v) is 23.4. The SMILES string of the molecule is Oc1cccc(/C=C/c2cc[n+](CCCCCCCCCC[n+]3ccc(/C=C/c4cccc(O)c4)cc3)cc2)c1. The second kappa shape index (κ2) is 16.0. The van der Waals surface area contributed by atoms with Crippen molar-refractivity contribution in [2.75, 3.05) is 0 Å². The van der Waals surface area contributed by atoms with Gasteiger partial charge in [0.25, 0.3) is 0 Å². The third-order valence-electron chi connectivity index (χ3n) is 7.09. The van der Waals surface area contributed by atoms with E-state index in [9.17, 15) is 10.2 Å². The van der Waals surface area contributed by atoms with Gasteiger partial charge in [-0.3, -0.25) is 0 Å². The molecule has 0 spiro atoms. The van der Waals surface area contributed by atoms with E-state index < -0.39 is 0 Å². The van der Waals surface area contributed by atoms with E-state index in [-0.39, 0.29) is 0 Å². The van der Waals surface area contributed by atoms with Crippen LogP contribution in [0.2, 0.25) is 0 Å². The van der Waals surface area contributed by atoms with Crippen molar-refractivity contribution < 1.29 is 19.3 Å². The molecule has 2 aromatic carbocycles. The van der Waals surface area contributed by atoms with E-state index >= 15 is 0 Å². The molecule has 0 atom stereocenters. The number of benzene rings is 2. The highest BCUT2D eigenvalue weighted by molar-refractivity contribution is 5.70. The Balaban J connectivity index is 1.01. The van der Waals surface area contributed by atoms with Gasteiger partial charge in [-0.1, -0.05) is 74.3 Å². The maximum atomic E-state index is 9.58. The lowest BCUT2D eigenvalue weighted by atomic mass is 10.1. The number of aromatic hydroxyl groups is 2. The molecule has 0 bridgehead atoms. The van der Waals surface area contributed by atoms with Crippen molar-refractivity contribution in [3.8, 4) is 11.5 Å². The van der Waals surface area contributed by atoms with Gasteiger partial charge in [0.1, 0.15) is 24.6 Å². The number of hydrogen-bond acceptors (Lipinski definition) is 2. The van der Waals surface area contributed by atoms with Crippen LogP contribution in [-0.4, -0.2) is 10.2 Å². The molecule has 4 heteroatoms. The standard InChI is InChI=1S/C36H40N2O2/c39-35-13-9-11-33(29-35)17-15-31-19-25-37(26-20-31)23-7-5-3-1-2-4-6-8-24-38-27-21-32(22-28-38)16-18-34-12-10-14-36(40)30-34/h9-22,25-30H,1-8,23-24H2/p+2/b17-15+,18-16+. The summed E-state index contributed by atoms with van der Waals surface area (Å²) in [4.78, 5) is 0. The number of hydrogen-bond donors (Lipinski definition) is 2. The maximum Gasteiger partial charge on any atom is 0.169 e. The lowest BCUT2D eigenvalue weighted by Crippen LogP contribution is -2.32. The average Bonchev–Trinajstić information content (AvgIpc) is 2.97. The van der Waals surface area contributed by atoms with Gasteiger partial charge in [-0.2, -0.15) is 0 Å². The Morgan fingerprint density at radius 3 is 1.15 bits per heavy atom. The first-order valence-electron chi connectivity index (χ1n) is 14.6. The number of rotatable bonds is 15. The number of unbranched alkanes of at least 4 members (excludes halogenated alkanes) is 7. The predicted molar refractivity (Wildman–Crippen MR) is 164 cm³/mol. The summed E-state index contributed by atoms with van der Waals surface area (Å²) in [6, 6.07) is 23.2. The van der Waals surface area contributed by atoms with Gasteiger partial charge in [0.15, 0.2) is 24.8 Å². The van der Waals surface area contributed by atoms with Crippen LogP contribution in [0, 0.1) is 0 Å². The highest BCUT2D eigenvalue weighted by Crippen LogP contribution is 2.15. The molecule has 4 rings (SSSR count). The molecule has 4 aromatic rings. The monoisotopic (exact) mass is 534 g/mol. The lowest BCUT2D eigenvalue weighted by molar-refractivity contribution is -0.697. The number of phenolic OH excluding ortho intramolecular Hbond substituents is 2. The van der Waals surface area contributed by atoms with Gasteiger partial charge < -0.3 is 10.2 Å². The third kappa shape index (κ3) is 10.5. The first kappa shape index (κ1) is 28.8. The van der Waals surface area contributed by atoms with Crippen LogP contribution in [0.25, 0.3) is 24.3 Å². The van der Waals surface area contributed by atoms with Gasteiger partial charge >= 0.3 is 0 Å². The molecular weight excluding hydrogens is 492 g/mol. The first-order chi connectivity index (χ1) is 19.6. The summed E-state index contributed by atoms with van der Waals surface area (Å²) in [5, 5.41) is 19.2. The quantitative estimate of drug-likeness (QED) is 0.121. The van der Waals surface area contributed by atoms with Gasteiger partial charge in [-0.15, -0.1) is 0 Å². The van der Waals surface area contributed by atoms with Crippen LogP contribution >= 0.6 is 0 Å². The topological polar surface area (TPSA) is 48.2 Å². The maximum absolute atomic E-state index is 9.58. The Morgan fingerprint density at radius 2 is 0.775 bits per heavy atom. The predicted octanol–water partition coefficient (Wildman–Crippen LogP) is 7.83. The summed E-state index contributed by atoms with van der Waals surface area (Å²) in [5.41, 5.74) is 4.32. The minimum Gasteiger partial charge on any atom is -0.508 e. The normalized spacial score (nSPS) is 11.5. The minimum atomic E-state index is 0.294. The molecule has 40 heavy (non-hydrogen) atoms. The van der Waals surface area contributed by atoms with Crippen molar-refractivity contribution in [3.05, 3.63) is 120 Å². The van der Waals surface area contributed by atoms with Crippen LogP contribution < -0.4 is 9.13 Å². The molecule has 0 saturated heterocycles. The summed E-state index contributed by atoms with van der Waals surface area (Å²) in [7, 11) is 0. The molecule has 2 aromatic heterocycles. The second-order valence-corrected chi connectivity index (χ2v) is 10.4. The van der Waals surface area contributed by atoms with Gasteiger partial charge in [0.05, 0.1) is 0 Å². The van der Waals surface area contributed by atoms with E-state index in [1.165, 1.54) is 51.4 Å². The molecule has 0 saturated carbocycles. The Labute approximate surface area is 239 Å². The lowest BCUT2D eigenvalue weighted by Gasteiger charge is -2.02. The van der Waals surface area contributed by atoms with Crippen LogP contribution in [0.1, 0.15) is 73.6 Å². The highest BCUT2D eigenvalue weighted by Gasteiger charge is 2.02. The molecule has 0 fully saturated rings. The molecule has 2 heterocycles. The van der Waals surface area contributed by atoms with Gasteiger partial charge in [-0.25, -0.2) is 9.13 Å². The molecule has 4 nitrogen and oxygen atoms in total. The van der Waals surface area contributed by atoms with E-state index in [0.717, 1.165) is 35.3 Å². The van der Waals surface area contributed by atoms with Crippen molar-refractivity contribution in [1.82, 2.24) is 0 Å². The van der Waals surface area contributed by atoms with E-state index in [1.54, 1.807) is 24.3 Å². The molecule has 0 radical (unpaired) electrons. The fraction of sp³-hybridized carbons (Fsp3) is 0.278. The summed E-state index contributed by atoms with van der Waals surface area (Å²) < 4.78 is 4.53. The van der Waals surface area contributed by atoms with Crippen molar-refractivity contribution in [1.29, 1.82) is 0 Å².